The van der Waals surface area contributed by atoms with Crippen molar-refractivity contribution < 1.29 is 0 Å². The first-order chi connectivity index (χ1) is 11.3. The van der Waals surface area contributed by atoms with Crippen LogP contribution in [-0.4, -0.2) is 37.6 Å². The molecule has 24 heavy (non-hydrogen) atoms. The molecule has 2 atom stereocenters. The van der Waals surface area contributed by atoms with Gasteiger partial charge in [0.2, 0.25) is 0 Å². The first-order valence-electron chi connectivity index (χ1n) is 8.84. The second-order valence-electron chi connectivity index (χ2n) is 6.87. The Morgan fingerprint density at radius 1 is 0.708 bits per heavy atom. The van der Waals surface area contributed by atoms with Gasteiger partial charge in [-0.05, 0) is 33.3 Å². The van der Waals surface area contributed by atoms with Crippen molar-refractivity contribution in [2.45, 2.75) is 37.0 Å². The summed E-state index contributed by atoms with van der Waals surface area (Å²) in [4.78, 5) is 0. The SMILES string of the molecule is CC[Si](CC)(C1C=Cc2ccccc21)C1C=Cc2ccccc21.[NaH]. The van der Waals surface area contributed by atoms with E-state index in [-0.39, 0.29) is 29.6 Å². The fourth-order valence-electron chi connectivity index (χ4n) is 4.82. The van der Waals surface area contributed by atoms with E-state index in [1.54, 1.807) is 11.1 Å². The average Bonchev–Trinajstić information content (AvgIpc) is 3.23. The molecule has 0 heterocycles. The molecular weight excluding hydrogens is 315 g/mol. The minimum atomic E-state index is -1.55. The van der Waals surface area contributed by atoms with Crippen molar-refractivity contribution in [2.75, 3.05) is 0 Å². The molecule has 2 aliphatic carbocycles. The molecular formula is C22H25NaSi. The zero-order valence-corrected chi connectivity index (χ0v) is 15.0. The van der Waals surface area contributed by atoms with Gasteiger partial charge in [-0.3, -0.25) is 0 Å². The summed E-state index contributed by atoms with van der Waals surface area (Å²) in [5, 5.41) is 0. The van der Waals surface area contributed by atoms with Gasteiger partial charge in [0.1, 0.15) is 0 Å². The standard InChI is InChI=1S/C22H24Si.Na.H/c1-3-23(4-2,21-15-13-17-9-5-7-11-19(17)21)22-16-14-18-10-6-8-12-20(18)22;;/h5-16,21-22H,3-4H2,1-2H3;;. The summed E-state index contributed by atoms with van der Waals surface area (Å²) in [6, 6.07) is 20.7. The van der Waals surface area contributed by atoms with Gasteiger partial charge < -0.3 is 0 Å². The van der Waals surface area contributed by atoms with Gasteiger partial charge in [0.05, 0.1) is 8.07 Å². The first-order valence-corrected chi connectivity index (χ1v) is 11.4. The van der Waals surface area contributed by atoms with Gasteiger partial charge in [-0.2, -0.15) is 0 Å². The van der Waals surface area contributed by atoms with Gasteiger partial charge in [-0.15, -0.1) is 0 Å². The summed E-state index contributed by atoms with van der Waals surface area (Å²) >= 11 is 0. The molecule has 0 nitrogen and oxygen atoms in total. The predicted octanol–water partition coefficient (Wildman–Crippen LogP) is 5.53. The summed E-state index contributed by atoms with van der Waals surface area (Å²) < 4.78 is 0. The monoisotopic (exact) mass is 340 g/mol. The quantitative estimate of drug-likeness (QED) is 0.642. The molecule has 0 N–H and O–H groups in total. The summed E-state index contributed by atoms with van der Waals surface area (Å²) in [5.41, 5.74) is 7.31. The van der Waals surface area contributed by atoms with Gasteiger partial charge in [0, 0.05) is 0 Å². The van der Waals surface area contributed by atoms with Crippen LogP contribution in [0.15, 0.2) is 60.7 Å². The van der Waals surface area contributed by atoms with Crippen LogP contribution < -0.4 is 0 Å². The van der Waals surface area contributed by atoms with Crippen molar-refractivity contribution in [1.82, 2.24) is 0 Å². The Bertz CT molecular complexity index is 723. The number of benzene rings is 2. The molecule has 0 spiro atoms. The molecule has 0 bridgehead atoms. The van der Waals surface area contributed by atoms with Crippen LogP contribution in [0, 0.1) is 0 Å². The van der Waals surface area contributed by atoms with Crippen LogP contribution in [0.2, 0.25) is 12.1 Å². The third kappa shape index (κ3) is 2.63. The van der Waals surface area contributed by atoms with Crippen LogP contribution in [0.25, 0.3) is 12.2 Å². The Morgan fingerprint density at radius 2 is 1.12 bits per heavy atom. The van der Waals surface area contributed by atoms with E-state index in [4.69, 9.17) is 0 Å². The summed E-state index contributed by atoms with van der Waals surface area (Å²) in [7, 11) is -1.55. The Hall–Kier alpha value is -0.863. The maximum absolute atomic E-state index is 2.51. The predicted molar refractivity (Wildman–Crippen MR) is 110 cm³/mol. The molecule has 0 radical (unpaired) electrons. The zero-order valence-electron chi connectivity index (χ0n) is 14.0. The number of hydrogen-bond donors (Lipinski definition) is 0. The van der Waals surface area contributed by atoms with Crippen LogP contribution >= 0.6 is 0 Å². The maximum atomic E-state index is 2.51. The molecule has 2 aromatic rings. The van der Waals surface area contributed by atoms with Crippen LogP contribution in [0.1, 0.15) is 47.2 Å². The number of hydrogen-bond acceptors (Lipinski definition) is 0. The molecule has 2 unspecified atom stereocenters. The van der Waals surface area contributed by atoms with Crippen LogP contribution in [-0.2, 0) is 0 Å². The first kappa shape index (κ1) is 17.9. The molecule has 0 saturated carbocycles. The van der Waals surface area contributed by atoms with Crippen molar-refractivity contribution in [1.29, 1.82) is 0 Å². The van der Waals surface area contributed by atoms with Crippen molar-refractivity contribution in [2.24, 2.45) is 0 Å². The number of allylic oxidation sites excluding steroid dienone is 2. The molecule has 2 heteroatoms. The van der Waals surface area contributed by atoms with E-state index in [1.807, 2.05) is 0 Å². The molecule has 4 rings (SSSR count). The summed E-state index contributed by atoms with van der Waals surface area (Å²) in [6.45, 7) is 4.86. The van der Waals surface area contributed by atoms with E-state index in [2.05, 4.69) is 86.7 Å². The molecule has 0 saturated heterocycles. The van der Waals surface area contributed by atoms with Gasteiger partial charge >= 0.3 is 29.6 Å². The molecule has 2 aliphatic rings. The van der Waals surface area contributed by atoms with E-state index < -0.39 is 8.07 Å². The van der Waals surface area contributed by atoms with E-state index in [0.717, 1.165) is 0 Å². The molecule has 118 valence electrons. The topological polar surface area (TPSA) is 0 Å². The van der Waals surface area contributed by atoms with Crippen LogP contribution in [0.5, 0.6) is 0 Å². The fraction of sp³-hybridized carbons (Fsp3) is 0.273. The number of fused-ring (bicyclic) bond motifs is 2. The minimum absolute atomic E-state index is 0. The molecule has 0 amide bonds. The molecule has 0 aliphatic heterocycles. The van der Waals surface area contributed by atoms with E-state index >= 15 is 0 Å². The molecule has 0 fully saturated rings. The van der Waals surface area contributed by atoms with Gasteiger partial charge in [-0.1, -0.05) is 98.8 Å². The number of rotatable bonds is 4. The van der Waals surface area contributed by atoms with E-state index in [0.29, 0.717) is 11.1 Å². The summed E-state index contributed by atoms with van der Waals surface area (Å²) in [5.74, 6) is 0. The Balaban J connectivity index is 0.00000169. The van der Waals surface area contributed by atoms with Crippen LogP contribution in [0.4, 0.5) is 0 Å². The van der Waals surface area contributed by atoms with Crippen molar-refractivity contribution in [3.05, 3.63) is 82.9 Å². The Morgan fingerprint density at radius 3 is 1.54 bits per heavy atom. The molecule has 0 aromatic heterocycles. The zero-order chi connectivity index (χ0) is 15.9. The fourth-order valence-corrected chi connectivity index (χ4v) is 10.2. The van der Waals surface area contributed by atoms with E-state index in [9.17, 15) is 0 Å². The third-order valence-corrected chi connectivity index (χ3v) is 12.3. The van der Waals surface area contributed by atoms with Gasteiger partial charge in [-0.25, -0.2) is 0 Å². The van der Waals surface area contributed by atoms with Gasteiger partial charge in [0.25, 0.3) is 0 Å². The Kier molecular flexibility index (Phi) is 5.36. The normalized spacial score (nSPS) is 20.6. The second-order valence-corrected chi connectivity index (χ2v) is 12.0. The van der Waals surface area contributed by atoms with Crippen LogP contribution in [0.3, 0.4) is 0 Å². The third-order valence-electron chi connectivity index (χ3n) is 6.15. The Labute approximate surface area is 169 Å². The van der Waals surface area contributed by atoms with Crippen molar-refractivity contribution >= 4 is 49.8 Å². The molecule has 2 aromatic carbocycles. The van der Waals surface area contributed by atoms with Crippen molar-refractivity contribution in [3.63, 3.8) is 0 Å². The van der Waals surface area contributed by atoms with E-state index in [1.165, 1.54) is 23.2 Å². The van der Waals surface area contributed by atoms with Crippen molar-refractivity contribution in [3.8, 4) is 0 Å². The average molecular weight is 341 g/mol. The van der Waals surface area contributed by atoms with Gasteiger partial charge in [0.15, 0.2) is 0 Å². The second kappa shape index (κ2) is 7.17. The summed E-state index contributed by atoms with van der Waals surface area (Å²) in [6.07, 6.45) is 9.74.